The Morgan fingerprint density at radius 2 is 1.30 bits per heavy atom. The fourth-order valence-electron chi connectivity index (χ4n) is 3.18. The van der Waals surface area contributed by atoms with Crippen LogP contribution in [0, 0.1) is 0 Å². The molecule has 4 rings (SSSR count). The Balaban J connectivity index is 0.00000256. The first-order valence-corrected chi connectivity index (χ1v) is 11.2. The van der Waals surface area contributed by atoms with Gasteiger partial charge in [-0.05, 0) is 87.5 Å². The van der Waals surface area contributed by atoms with Crippen molar-refractivity contribution in [3.05, 3.63) is 59.9 Å². The number of benzene rings is 3. The molecule has 0 aliphatic rings. The minimum atomic E-state index is -1.07. The first-order chi connectivity index (χ1) is 13.7. The second-order valence-electron chi connectivity index (χ2n) is 6.12. The van der Waals surface area contributed by atoms with E-state index in [2.05, 4.69) is 63.7 Å². The van der Waals surface area contributed by atoms with E-state index in [4.69, 9.17) is 4.42 Å². The van der Waals surface area contributed by atoms with E-state index in [0.717, 1.165) is 0 Å². The second-order valence-corrected chi connectivity index (χ2v) is 9.42. The fourth-order valence-corrected chi connectivity index (χ4v) is 5.58. The molecule has 0 radical (unpaired) electrons. The maximum atomic E-state index is 11.9. The summed E-state index contributed by atoms with van der Waals surface area (Å²) in [5.41, 5.74) is 1.77. The Morgan fingerprint density at radius 1 is 0.833 bits per heavy atom. The van der Waals surface area contributed by atoms with Crippen molar-refractivity contribution in [2.24, 2.45) is 0 Å². The van der Waals surface area contributed by atoms with Gasteiger partial charge in [-0.1, -0.05) is 18.2 Å². The largest absolute Gasteiger partial charge is 3.00 e. The summed E-state index contributed by atoms with van der Waals surface area (Å²) in [6.45, 7) is 0. The average molecular weight is 676 g/mol. The Kier molecular flexibility index (Phi) is 6.87. The van der Waals surface area contributed by atoms with Crippen LogP contribution in [0.25, 0.3) is 33.1 Å². The van der Waals surface area contributed by atoms with E-state index in [0.29, 0.717) is 51.0 Å². The number of halogens is 4. The summed E-state index contributed by atoms with van der Waals surface area (Å²) in [6, 6.07) is 9.97. The van der Waals surface area contributed by atoms with Crippen LogP contribution in [0.3, 0.4) is 0 Å². The molecular weight excluding hydrogens is 667 g/mol. The average Bonchev–Trinajstić information content (AvgIpc) is 2.69. The molecule has 0 saturated heterocycles. The van der Waals surface area contributed by atoms with Gasteiger partial charge in [0.15, 0.2) is 20.4 Å². The van der Waals surface area contributed by atoms with Crippen molar-refractivity contribution in [2.75, 3.05) is 0 Å². The van der Waals surface area contributed by atoms with Crippen LogP contribution in [0.15, 0.2) is 58.7 Å². The molecule has 30 heavy (non-hydrogen) atoms. The molecule has 0 fully saturated rings. The summed E-state index contributed by atoms with van der Waals surface area (Å²) in [5, 5.41) is 31.6. The third-order valence-electron chi connectivity index (χ3n) is 4.47. The van der Waals surface area contributed by atoms with E-state index in [-0.39, 0.29) is 34.4 Å². The van der Waals surface area contributed by atoms with Crippen molar-refractivity contribution >= 4 is 109 Å². The molecule has 1 aromatic heterocycles. The molecule has 3 aromatic carbocycles. The van der Waals surface area contributed by atoms with Gasteiger partial charge in [0, 0.05) is 5.56 Å². The zero-order chi connectivity index (χ0) is 21.0. The fraction of sp³-hybridized carbons (Fsp3) is 0. The number of carboxylic acid groups (broad SMARTS) is 1. The standard InChI is InChI=1S/C20H8Br4O5.Al/c21-11-5-9-13(7-3-1-2-4-8(7)20(27)28)10-6-12(22)17(26)15(24)19(10)29-18(9)14(23)16(11)25;/h1-6H,(H2-,25,26,27,28);/q;+3/p+1. The summed E-state index contributed by atoms with van der Waals surface area (Å²) in [7, 11) is 0. The van der Waals surface area contributed by atoms with Gasteiger partial charge in [-0.3, -0.25) is 0 Å². The van der Waals surface area contributed by atoms with Crippen molar-refractivity contribution < 1.29 is 24.5 Å². The molecule has 0 amide bonds. The summed E-state index contributed by atoms with van der Waals surface area (Å²) < 4.78 is 7.46. The van der Waals surface area contributed by atoms with Crippen molar-refractivity contribution in [1.29, 1.82) is 0 Å². The van der Waals surface area contributed by atoms with Gasteiger partial charge in [0.05, 0.1) is 25.3 Å². The molecule has 0 unspecified atom stereocenters. The Hall–Kier alpha value is -1.15. The molecule has 3 N–H and O–H groups in total. The smallest absolute Gasteiger partial charge is 0.505 e. The summed E-state index contributed by atoms with van der Waals surface area (Å²) >= 11 is 13.4. The SMILES string of the molecule is O=C(O)c1ccccc1-c1c2cc(Br)c(O)c(Br)c2[o+]c2c(Br)c(O)c(Br)cc12.[Al+3]. The van der Waals surface area contributed by atoms with Crippen LogP contribution in [-0.2, 0) is 0 Å². The Labute approximate surface area is 214 Å². The van der Waals surface area contributed by atoms with Gasteiger partial charge in [-0.25, -0.2) is 9.21 Å². The minimum absolute atomic E-state index is 0. The number of phenolic OH excluding ortho intramolecular Hbond substituents is 2. The third-order valence-corrected chi connectivity index (χ3v) is 7.15. The van der Waals surface area contributed by atoms with Crippen molar-refractivity contribution in [1.82, 2.24) is 0 Å². The topological polar surface area (TPSA) is 89.1 Å². The van der Waals surface area contributed by atoms with Crippen LogP contribution in [0.4, 0.5) is 0 Å². The second kappa shape index (κ2) is 8.77. The number of fused-ring (bicyclic) bond motifs is 2. The predicted molar refractivity (Wildman–Crippen MR) is 130 cm³/mol. The number of carboxylic acids is 1. The first kappa shape index (κ1) is 23.5. The number of aromatic carboxylic acids is 1. The van der Waals surface area contributed by atoms with E-state index in [1.54, 1.807) is 30.3 Å². The molecule has 0 saturated carbocycles. The summed E-state index contributed by atoms with van der Waals surface area (Å²) in [4.78, 5) is 11.9. The van der Waals surface area contributed by atoms with Gasteiger partial charge in [0.2, 0.25) is 0 Å². The number of phenols is 2. The molecule has 0 aliphatic heterocycles. The van der Waals surface area contributed by atoms with Crippen LogP contribution in [0.1, 0.15) is 10.4 Å². The van der Waals surface area contributed by atoms with Crippen LogP contribution in [-0.4, -0.2) is 38.6 Å². The maximum Gasteiger partial charge on any atom is 3.00 e. The van der Waals surface area contributed by atoms with E-state index in [1.807, 2.05) is 0 Å². The van der Waals surface area contributed by atoms with Crippen LogP contribution in [0.2, 0.25) is 0 Å². The molecule has 0 bridgehead atoms. The summed E-state index contributed by atoms with van der Waals surface area (Å²) in [5.74, 6) is -1.19. The third kappa shape index (κ3) is 3.68. The maximum absolute atomic E-state index is 11.9. The molecule has 4 aromatic rings. The molecule has 1 heterocycles. The molecule has 10 heteroatoms. The first-order valence-electron chi connectivity index (χ1n) is 8.02. The van der Waals surface area contributed by atoms with Gasteiger partial charge in [0.1, 0.15) is 0 Å². The van der Waals surface area contributed by atoms with E-state index < -0.39 is 5.97 Å². The monoisotopic (exact) mass is 672 g/mol. The minimum Gasteiger partial charge on any atom is -0.505 e. The number of rotatable bonds is 2. The zero-order valence-electron chi connectivity index (χ0n) is 14.7. The van der Waals surface area contributed by atoms with Gasteiger partial charge in [0.25, 0.3) is 0 Å². The zero-order valence-corrected chi connectivity index (χ0v) is 22.2. The van der Waals surface area contributed by atoms with Crippen molar-refractivity contribution in [3.63, 3.8) is 0 Å². The van der Waals surface area contributed by atoms with Crippen LogP contribution in [0.5, 0.6) is 11.5 Å². The summed E-state index contributed by atoms with van der Waals surface area (Å²) in [6.07, 6.45) is 0. The Bertz CT molecular complexity index is 1290. The van der Waals surface area contributed by atoms with E-state index in [9.17, 15) is 20.1 Å². The quantitative estimate of drug-likeness (QED) is 0.118. The van der Waals surface area contributed by atoms with Gasteiger partial charge >= 0.3 is 34.5 Å². The van der Waals surface area contributed by atoms with E-state index in [1.165, 1.54) is 6.07 Å². The van der Waals surface area contributed by atoms with Crippen molar-refractivity contribution in [2.45, 2.75) is 0 Å². The molecule has 0 atom stereocenters. The number of hydrogen-bond acceptors (Lipinski definition) is 3. The van der Waals surface area contributed by atoms with Crippen LogP contribution < -0.4 is 0 Å². The number of aromatic hydroxyl groups is 2. The predicted octanol–water partition coefficient (Wildman–Crippen LogP) is 7.31. The van der Waals surface area contributed by atoms with Crippen molar-refractivity contribution in [3.8, 4) is 22.6 Å². The molecule has 5 nitrogen and oxygen atoms in total. The van der Waals surface area contributed by atoms with Gasteiger partial charge in [-0.2, -0.15) is 0 Å². The number of hydrogen-bond donors (Lipinski definition) is 3. The molecule has 0 spiro atoms. The normalized spacial score (nSPS) is 10.9. The molecule has 146 valence electrons. The van der Waals surface area contributed by atoms with Gasteiger partial charge < -0.3 is 15.3 Å². The Morgan fingerprint density at radius 3 is 1.77 bits per heavy atom. The molecule has 0 aliphatic carbocycles. The van der Waals surface area contributed by atoms with Gasteiger partial charge in [-0.15, -0.1) is 0 Å². The van der Waals surface area contributed by atoms with Crippen LogP contribution >= 0.6 is 63.7 Å². The molecular formula is C20H9AlBr4O5+4. The van der Waals surface area contributed by atoms with E-state index >= 15 is 0 Å². The number of carbonyl (C=O) groups is 1.